The Morgan fingerprint density at radius 3 is 2.91 bits per heavy atom. The van der Waals surface area contributed by atoms with E-state index >= 15 is 0 Å². The van der Waals surface area contributed by atoms with Crippen LogP contribution in [0.25, 0.3) is 0 Å². The summed E-state index contributed by atoms with van der Waals surface area (Å²) in [6.45, 7) is 1.40. The molecule has 2 amide bonds. The standard InChI is InChI=1S/C25H32N4O5/c1-26-28(3)23(31)16-5-4-11-29(16)24(32)33-19-9-6-14-13-17-15-7-8-18(30)22-25(15,10-12-27(17)2)20(14)21(19)34-22/h6-9,15-18,22,26,30H,4-5,10-13H2,1-3H3/t15?,16-,17?,18-,22-,25-/m0/s1. The molecule has 0 saturated carbocycles. The molecule has 0 aromatic heterocycles. The number of aliphatic hydroxyl groups is 1. The molecule has 2 unspecified atom stereocenters. The van der Waals surface area contributed by atoms with Gasteiger partial charge in [-0.25, -0.2) is 10.2 Å². The van der Waals surface area contributed by atoms with Crippen LogP contribution in [0.15, 0.2) is 24.3 Å². The van der Waals surface area contributed by atoms with Crippen LogP contribution in [0.3, 0.4) is 0 Å². The number of benzene rings is 1. The number of hydrogen-bond acceptors (Lipinski definition) is 7. The summed E-state index contributed by atoms with van der Waals surface area (Å²) in [5, 5.41) is 12.3. The van der Waals surface area contributed by atoms with Gasteiger partial charge >= 0.3 is 6.09 Å². The molecule has 2 N–H and O–H groups in total. The number of amides is 2. The van der Waals surface area contributed by atoms with Gasteiger partial charge in [0, 0.05) is 43.6 Å². The largest absolute Gasteiger partial charge is 0.482 e. The number of likely N-dealkylation sites (tertiary alicyclic amines) is 2. The summed E-state index contributed by atoms with van der Waals surface area (Å²) < 4.78 is 12.4. The monoisotopic (exact) mass is 468 g/mol. The SMILES string of the molecule is CNN(C)C(=O)[C@@H]1CCCN1C(=O)Oc1ccc2c3c1O[C@H]1[C@@H](O)C=CC4C(C2)N(C)CC[C@@]341. The molecule has 2 aliphatic carbocycles. The maximum atomic E-state index is 13.2. The third-order valence-corrected chi connectivity index (χ3v) is 8.77. The van der Waals surface area contributed by atoms with Gasteiger partial charge in [0.25, 0.3) is 5.91 Å². The number of rotatable bonds is 3. The van der Waals surface area contributed by atoms with E-state index < -0.39 is 24.3 Å². The lowest BCUT2D eigenvalue weighted by Gasteiger charge is -2.56. The van der Waals surface area contributed by atoms with Crippen LogP contribution in [0.4, 0.5) is 4.79 Å². The Labute approximate surface area is 199 Å². The van der Waals surface area contributed by atoms with Crippen LogP contribution in [0.1, 0.15) is 30.4 Å². The van der Waals surface area contributed by atoms with Crippen molar-refractivity contribution >= 4 is 12.0 Å². The van der Waals surface area contributed by atoms with Crippen molar-refractivity contribution < 1.29 is 24.2 Å². The minimum absolute atomic E-state index is 0.164. The first-order valence-electron chi connectivity index (χ1n) is 12.2. The molecule has 6 rings (SSSR count). The van der Waals surface area contributed by atoms with Gasteiger partial charge in [-0.1, -0.05) is 18.2 Å². The van der Waals surface area contributed by atoms with Crippen LogP contribution in [0.2, 0.25) is 0 Å². The van der Waals surface area contributed by atoms with Crippen molar-refractivity contribution in [2.75, 3.05) is 34.2 Å². The van der Waals surface area contributed by atoms with Gasteiger partial charge in [-0.05, 0) is 50.9 Å². The number of ether oxygens (including phenoxy) is 2. The highest BCUT2D eigenvalue weighted by Crippen LogP contribution is 2.62. The fourth-order valence-electron chi connectivity index (χ4n) is 7.04. The lowest BCUT2D eigenvalue weighted by Crippen LogP contribution is -2.64. The van der Waals surface area contributed by atoms with Crippen LogP contribution in [0.5, 0.6) is 11.5 Å². The maximum absolute atomic E-state index is 13.2. The van der Waals surface area contributed by atoms with Crippen LogP contribution >= 0.6 is 0 Å². The fraction of sp³-hybridized carbons (Fsp3) is 0.600. The smallest absolute Gasteiger partial charge is 0.416 e. The molecule has 2 saturated heterocycles. The lowest BCUT2D eigenvalue weighted by molar-refractivity contribution is -0.136. The van der Waals surface area contributed by atoms with Crippen molar-refractivity contribution in [1.82, 2.24) is 20.2 Å². The molecule has 9 heteroatoms. The Kier molecular flexibility index (Phi) is 4.95. The van der Waals surface area contributed by atoms with Crippen LogP contribution in [0, 0.1) is 5.92 Å². The molecule has 1 aromatic rings. The summed E-state index contributed by atoms with van der Waals surface area (Å²) in [7, 11) is 5.49. The first kappa shape index (κ1) is 21.9. The van der Waals surface area contributed by atoms with E-state index in [9.17, 15) is 14.7 Å². The number of carbonyl (C=O) groups excluding carboxylic acids is 2. The van der Waals surface area contributed by atoms with Crippen molar-refractivity contribution in [3.05, 3.63) is 35.4 Å². The predicted molar refractivity (Wildman–Crippen MR) is 123 cm³/mol. The minimum atomic E-state index is -0.708. The molecule has 34 heavy (non-hydrogen) atoms. The second kappa shape index (κ2) is 7.69. The highest BCUT2D eigenvalue weighted by molar-refractivity contribution is 5.86. The predicted octanol–water partition coefficient (Wildman–Crippen LogP) is 1.05. The van der Waals surface area contributed by atoms with E-state index in [-0.39, 0.29) is 17.2 Å². The molecular formula is C25H32N4O5. The average Bonchev–Trinajstić information content (AvgIpc) is 3.46. The molecule has 182 valence electrons. The topological polar surface area (TPSA) is 94.6 Å². The van der Waals surface area contributed by atoms with Gasteiger partial charge in [-0.2, -0.15) is 0 Å². The number of hydrazine groups is 1. The van der Waals surface area contributed by atoms with Gasteiger partial charge in [0.05, 0.1) is 0 Å². The van der Waals surface area contributed by atoms with Crippen LogP contribution in [-0.2, 0) is 16.6 Å². The number of hydrogen-bond donors (Lipinski definition) is 2. The minimum Gasteiger partial charge on any atom is -0.482 e. The first-order chi connectivity index (χ1) is 16.4. The molecule has 5 aliphatic rings. The summed E-state index contributed by atoms with van der Waals surface area (Å²) >= 11 is 0. The Morgan fingerprint density at radius 1 is 1.29 bits per heavy atom. The van der Waals surface area contributed by atoms with Crippen molar-refractivity contribution in [1.29, 1.82) is 0 Å². The van der Waals surface area contributed by atoms with Crippen molar-refractivity contribution in [3.8, 4) is 11.5 Å². The Bertz CT molecular complexity index is 1080. The zero-order chi connectivity index (χ0) is 23.8. The quantitative estimate of drug-likeness (QED) is 0.506. The van der Waals surface area contributed by atoms with Gasteiger partial charge in [0.15, 0.2) is 11.5 Å². The van der Waals surface area contributed by atoms with E-state index in [0.717, 1.165) is 31.4 Å². The molecule has 3 aliphatic heterocycles. The Morgan fingerprint density at radius 2 is 2.12 bits per heavy atom. The maximum Gasteiger partial charge on any atom is 0.416 e. The van der Waals surface area contributed by atoms with Crippen molar-refractivity contribution in [2.45, 2.75) is 55.4 Å². The van der Waals surface area contributed by atoms with Gasteiger partial charge in [0.2, 0.25) is 0 Å². The summed E-state index contributed by atoms with van der Waals surface area (Å²) in [5.74, 6) is 1.04. The van der Waals surface area contributed by atoms with Gasteiger partial charge in [-0.15, -0.1) is 0 Å². The van der Waals surface area contributed by atoms with Crippen molar-refractivity contribution in [3.63, 3.8) is 0 Å². The van der Waals surface area contributed by atoms with Gasteiger partial charge in [0.1, 0.15) is 18.2 Å². The molecule has 2 bridgehead atoms. The molecule has 6 atom stereocenters. The fourth-order valence-corrected chi connectivity index (χ4v) is 7.04. The van der Waals surface area contributed by atoms with Gasteiger partial charge in [-0.3, -0.25) is 14.7 Å². The molecular weight excluding hydrogens is 436 g/mol. The van der Waals surface area contributed by atoms with Gasteiger partial charge < -0.3 is 19.5 Å². The molecule has 3 heterocycles. The highest BCUT2D eigenvalue weighted by atomic mass is 16.6. The molecule has 2 fully saturated rings. The summed E-state index contributed by atoms with van der Waals surface area (Å²) in [5.41, 5.74) is 4.81. The summed E-state index contributed by atoms with van der Waals surface area (Å²) in [4.78, 5) is 29.9. The molecule has 1 spiro atoms. The summed E-state index contributed by atoms with van der Waals surface area (Å²) in [6, 6.07) is 3.66. The second-order valence-electron chi connectivity index (χ2n) is 10.2. The molecule has 9 nitrogen and oxygen atoms in total. The van der Waals surface area contributed by atoms with E-state index in [2.05, 4.69) is 23.4 Å². The average molecular weight is 469 g/mol. The zero-order valence-corrected chi connectivity index (χ0v) is 19.9. The number of carbonyl (C=O) groups is 2. The van der Waals surface area contributed by atoms with Crippen molar-refractivity contribution in [2.24, 2.45) is 5.92 Å². The normalized spacial score (nSPS) is 35.1. The summed E-state index contributed by atoms with van der Waals surface area (Å²) in [6.07, 6.45) is 5.52. The van der Waals surface area contributed by atoms with E-state index in [1.54, 1.807) is 14.1 Å². The number of nitrogens with zero attached hydrogens (tertiary/aromatic N) is 3. The number of piperidine rings is 1. The van der Waals surface area contributed by atoms with Crippen LogP contribution in [-0.4, -0.2) is 90.4 Å². The number of likely N-dealkylation sites (N-methyl/N-ethyl adjacent to an activating group) is 2. The van der Waals surface area contributed by atoms with E-state index in [1.165, 1.54) is 15.5 Å². The Hall–Kier alpha value is -2.62. The zero-order valence-electron chi connectivity index (χ0n) is 19.9. The lowest BCUT2D eigenvalue weighted by atomic mass is 9.53. The third-order valence-electron chi connectivity index (χ3n) is 8.77. The van der Waals surface area contributed by atoms with E-state index in [0.29, 0.717) is 30.5 Å². The molecule has 0 radical (unpaired) electrons. The first-order valence-corrected chi connectivity index (χ1v) is 12.2. The van der Waals surface area contributed by atoms with Crippen LogP contribution < -0.4 is 14.9 Å². The third kappa shape index (κ3) is 2.83. The molecule has 1 aromatic carbocycles. The van der Waals surface area contributed by atoms with E-state index in [4.69, 9.17) is 9.47 Å². The van der Waals surface area contributed by atoms with E-state index in [1.807, 2.05) is 18.2 Å². The highest BCUT2D eigenvalue weighted by Gasteiger charge is 2.64. The number of nitrogens with one attached hydrogen (secondary N) is 1. The Balaban J connectivity index is 1.34. The second-order valence-corrected chi connectivity index (χ2v) is 10.2. The number of aliphatic hydroxyl groups excluding tert-OH is 1.